The van der Waals surface area contributed by atoms with Crippen LogP contribution in [-0.4, -0.2) is 49.2 Å². The standard InChI is InChI=1S/C21H20FN3O3/c1-27-16-4-2-3-15(12-16)24-20-17-11-14(22)5-6-19(17)23-13-18(20)21(26)25-7-9-28-10-8-25/h2-6,11-13H,7-10H2,1H3,(H,23,24). The van der Waals surface area contributed by atoms with E-state index < -0.39 is 0 Å². The molecule has 28 heavy (non-hydrogen) atoms. The number of morpholine rings is 1. The van der Waals surface area contributed by atoms with Gasteiger partial charge in [0.2, 0.25) is 0 Å². The number of halogens is 1. The van der Waals surface area contributed by atoms with Crippen LogP contribution in [0.2, 0.25) is 0 Å². The molecule has 0 saturated carbocycles. The van der Waals surface area contributed by atoms with Crippen molar-refractivity contribution in [2.45, 2.75) is 0 Å². The van der Waals surface area contributed by atoms with Crippen LogP contribution in [0.15, 0.2) is 48.7 Å². The maximum atomic E-state index is 14.0. The van der Waals surface area contributed by atoms with E-state index in [9.17, 15) is 9.18 Å². The lowest BCUT2D eigenvalue weighted by Gasteiger charge is -2.28. The first-order valence-electron chi connectivity index (χ1n) is 9.02. The number of rotatable bonds is 4. The number of benzene rings is 2. The van der Waals surface area contributed by atoms with Crippen LogP contribution in [0.3, 0.4) is 0 Å². The molecule has 0 bridgehead atoms. The van der Waals surface area contributed by atoms with Gasteiger partial charge < -0.3 is 19.7 Å². The number of amides is 1. The molecule has 4 rings (SSSR count). The Labute approximate surface area is 161 Å². The molecular weight excluding hydrogens is 361 g/mol. The van der Waals surface area contributed by atoms with Crippen molar-refractivity contribution in [2.24, 2.45) is 0 Å². The Morgan fingerprint density at radius 3 is 2.82 bits per heavy atom. The van der Waals surface area contributed by atoms with Crippen molar-refractivity contribution < 1.29 is 18.7 Å². The fourth-order valence-corrected chi connectivity index (χ4v) is 3.24. The molecular formula is C21H20FN3O3. The molecule has 0 unspecified atom stereocenters. The number of pyridine rings is 1. The number of hydrogen-bond acceptors (Lipinski definition) is 5. The van der Waals surface area contributed by atoms with Crippen LogP contribution in [0.1, 0.15) is 10.4 Å². The first-order chi connectivity index (χ1) is 13.7. The van der Waals surface area contributed by atoms with Gasteiger partial charge in [-0.1, -0.05) is 6.07 Å². The summed E-state index contributed by atoms with van der Waals surface area (Å²) in [6, 6.07) is 11.7. The predicted octanol–water partition coefficient (Wildman–Crippen LogP) is 3.60. The first kappa shape index (κ1) is 18.2. The second-order valence-electron chi connectivity index (χ2n) is 6.47. The zero-order valence-electron chi connectivity index (χ0n) is 15.4. The van der Waals surface area contributed by atoms with Gasteiger partial charge in [-0.25, -0.2) is 4.39 Å². The first-order valence-corrected chi connectivity index (χ1v) is 9.02. The fourth-order valence-electron chi connectivity index (χ4n) is 3.24. The van der Waals surface area contributed by atoms with Crippen molar-refractivity contribution in [2.75, 3.05) is 38.7 Å². The van der Waals surface area contributed by atoms with E-state index in [4.69, 9.17) is 9.47 Å². The van der Waals surface area contributed by atoms with Crippen LogP contribution in [0.5, 0.6) is 5.75 Å². The Bertz CT molecular complexity index is 1020. The van der Waals surface area contributed by atoms with Crippen molar-refractivity contribution in [3.63, 3.8) is 0 Å². The van der Waals surface area contributed by atoms with E-state index in [1.165, 1.54) is 12.1 Å². The third kappa shape index (κ3) is 3.61. The number of carbonyl (C=O) groups is 1. The van der Waals surface area contributed by atoms with Crippen LogP contribution in [0, 0.1) is 5.82 Å². The maximum absolute atomic E-state index is 14.0. The molecule has 0 radical (unpaired) electrons. The highest BCUT2D eigenvalue weighted by Crippen LogP contribution is 2.31. The van der Waals surface area contributed by atoms with Gasteiger partial charge in [0.1, 0.15) is 11.6 Å². The van der Waals surface area contributed by atoms with Gasteiger partial charge in [-0.05, 0) is 30.3 Å². The number of methoxy groups -OCH3 is 1. The van der Waals surface area contributed by atoms with Crippen LogP contribution in [-0.2, 0) is 4.74 Å². The number of ether oxygens (including phenoxy) is 2. The van der Waals surface area contributed by atoms with Gasteiger partial charge in [0, 0.05) is 36.4 Å². The van der Waals surface area contributed by atoms with Crippen molar-refractivity contribution in [1.82, 2.24) is 9.88 Å². The number of aromatic nitrogens is 1. The smallest absolute Gasteiger partial charge is 0.257 e. The Morgan fingerprint density at radius 2 is 2.04 bits per heavy atom. The molecule has 1 amide bonds. The van der Waals surface area contributed by atoms with Gasteiger partial charge in [-0.3, -0.25) is 9.78 Å². The summed E-state index contributed by atoms with van der Waals surface area (Å²) in [5, 5.41) is 3.82. The zero-order chi connectivity index (χ0) is 19.5. The molecule has 2 aromatic carbocycles. The monoisotopic (exact) mass is 381 g/mol. The van der Waals surface area contributed by atoms with Crippen LogP contribution >= 0.6 is 0 Å². The molecule has 144 valence electrons. The average molecular weight is 381 g/mol. The average Bonchev–Trinajstić information content (AvgIpc) is 2.74. The minimum absolute atomic E-state index is 0.160. The SMILES string of the molecule is COc1cccc(Nc2c(C(=O)N3CCOCC3)cnc3ccc(F)cc23)c1. The van der Waals surface area contributed by atoms with Crippen molar-refractivity contribution >= 4 is 28.2 Å². The lowest BCUT2D eigenvalue weighted by molar-refractivity contribution is 0.0303. The maximum Gasteiger partial charge on any atom is 0.257 e. The van der Waals surface area contributed by atoms with E-state index in [2.05, 4.69) is 10.3 Å². The molecule has 6 nitrogen and oxygen atoms in total. The summed E-state index contributed by atoms with van der Waals surface area (Å²) in [4.78, 5) is 19.2. The summed E-state index contributed by atoms with van der Waals surface area (Å²) in [5.41, 5.74) is 2.24. The van der Waals surface area contributed by atoms with Gasteiger partial charge in [0.05, 0.1) is 37.1 Å². The third-order valence-electron chi connectivity index (χ3n) is 4.70. The van der Waals surface area contributed by atoms with Crippen LogP contribution < -0.4 is 10.1 Å². The Balaban J connectivity index is 1.82. The molecule has 0 atom stereocenters. The largest absolute Gasteiger partial charge is 0.497 e. The quantitative estimate of drug-likeness (QED) is 0.748. The lowest BCUT2D eigenvalue weighted by atomic mass is 10.1. The Hall–Kier alpha value is -3.19. The Morgan fingerprint density at radius 1 is 1.21 bits per heavy atom. The highest BCUT2D eigenvalue weighted by molar-refractivity contribution is 6.08. The highest BCUT2D eigenvalue weighted by Gasteiger charge is 2.23. The summed E-state index contributed by atoms with van der Waals surface area (Å²) in [6.45, 7) is 2.03. The molecule has 1 N–H and O–H groups in total. The number of carbonyl (C=O) groups excluding carboxylic acids is 1. The number of fused-ring (bicyclic) bond motifs is 1. The van der Waals surface area contributed by atoms with Gasteiger partial charge in [-0.2, -0.15) is 0 Å². The molecule has 1 aliphatic heterocycles. The molecule has 1 fully saturated rings. The normalized spacial score (nSPS) is 14.1. The fraction of sp³-hybridized carbons (Fsp3) is 0.238. The molecule has 1 aliphatic rings. The number of nitrogens with zero attached hydrogens (tertiary/aromatic N) is 2. The summed E-state index contributed by atoms with van der Waals surface area (Å²) < 4.78 is 24.6. The summed E-state index contributed by atoms with van der Waals surface area (Å²) >= 11 is 0. The van der Waals surface area contributed by atoms with Crippen molar-refractivity contribution in [3.05, 3.63) is 60.0 Å². The second kappa shape index (κ2) is 7.82. The minimum Gasteiger partial charge on any atom is -0.497 e. The van der Waals surface area contributed by atoms with Crippen LogP contribution in [0.4, 0.5) is 15.8 Å². The molecule has 1 saturated heterocycles. The van der Waals surface area contributed by atoms with E-state index in [-0.39, 0.29) is 11.7 Å². The molecule has 2 heterocycles. The van der Waals surface area contributed by atoms with Crippen molar-refractivity contribution in [3.8, 4) is 5.75 Å². The van der Waals surface area contributed by atoms with E-state index in [0.29, 0.717) is 54.2 Å². The third-order valence-corrected chi connectivity index (χ3v) is 4.70. The van der Waals surface area contributed by atoms with Gasteiger partial charge >= 0.3 is 0 Å². The van der Waals surface area contributed by atoms with Gasteiger partial charge in [0.25, 0.3) is 5.91 Å². The zero-order valence-corrected chi connectivity index (χ0v) is 15.4. The minimum atomic E-state index is -0.390. The topological polar surface area (TPSA) is 63.7 Å². The van der Waals surface area contributed by atoms with Crippen molar-refractivity contribution in [1.29, 1.82) is 0 Å². The van der Waals surface area contributed by atoms with Gasteiger partial charge in [0.15, 0.2) is 0 Å². The molecule has 0 aliphatic carbocycles. The summed E-state index contributed by atoms with van der Waals surface area (Å²) in [7, 11) is 1.59. The number of hydrogen-bond donors (Lipinski definition) is 1. The molecule has 1 aromatic heterocycles. The van der Waals surface area contributed by atoms with E-state index in [0.717, 1.165) is 5.69 Å². The highest BCUT2D eigenvalue weighted by atomic mass is 19.1. The van der Waals surface area contributed by atoms with E-state index in [1.54, 1.807) is 24.3 Å². The van der Waals surface area contributed by atoms with Crippen LogP contribution in [0.25, 0.3) is 10.9 Å². The predicted molar refractivity (Wildman–Crippen MR) is 105 cm³/mol. The summed E-state index contributed by atoms with van der Waals surface area (Å²) in [5.74, 6) is 0.127. The van der Waals surface area contributed by atoms with E-state index >= 15 is 0 Å². The lowest BCUT2D eigenvalue weighted by Crippen LogP contribution is -2.41. The van der Waals surface area contributed by atoms with E-state index in [1.807, 2.05) is 24.3 Å². The number of anilines is 2. The Kier molecular flexibility index (Phi) is 5.08. The molecule has 7 heteroatoms. The second-order valence-corrected chi connectivity index (χ2v) is 6.47. The van der Waals surface area contributed by atoms with Gasteiger partial charge in [-0.15, -0.1) is 0 Å². The number of nitrogens with one attached hydrogen (secondary N) is 1. The summed E-state index contributed by atoms with van der Waals surface area (Å²) in [6.07, 6.45) is 1.54. The molecule has 3 aromatic rings. The molecule has 0 spiro atoms.